The van der Waals surface area contributed by atoms with Gasteiger partial charge >= 0.3 is 0 Å². The van der Waals surface area contributed by atoms with Gasteiger partial charge in [0.05, 0.1) is 18.6 Å². The lowest BCUT2D eigenvalue weighted by Gasteiger charge is -2.12. The lowest BCUT2D eigenvalue weighted by atomic mass is 10.2. The van der Waals surface area contributed by atoms with Gasteiger partial charge in [0.1, 0.15) is 0 Å². The van der Waals surface area contributed by atoms with Crippen molar-refractivity contribution in [3.63, 3.8) is 0 Å². The molecule has 0 aromatic heterocycles. The van der Waals surface area contributed by atoms with Crippen LogP contribution in [0.25, 0.3) is 0 Å². The maximum atomic E-state index is 10.6. The van der Waals surface area contributed by atoms with E-state index in [0.717, 1.165) is 23.4 Å². The van der Waals surface area contributed by atoms with E-state index in [-0.39, 0.29) is 5.69 Å². The smallest absolute Gasteiger partial charge is 0.269 e. The predicted octanol–water partition coefficient (Wildman–Crippen LogP) is 4.00. The monoisotopic (exact) mass is 316 g/mol. The van der Waals surface area contributed by atoms with Gasteiger partial charge in [0, 0.05) is 24.4 Å². The fourth-order valence-electron chi connectivity index (χ4n) is 2.06. The molecule has 0 aliphatic heterocycles. The fourth-order valence-corrected chi connectivity index (χ4v) is 2.06. The number of nitrogens with one attached hydrogen (secondary N) is 1. The van der Waals surface area contributed by atoms with Crippen molar-refractivity contribution in [1.82, 2.24) is 0 Å². The molecule has 6 nitrogen and oxygen atoms in total. The minimum Gasteiger partial charge on any atom is -0.493 e. The summed E-state index contributed by atoms with van der Waals surface area (Å²) in [6, 6.07) is 12.1. The average Bonchev–Trinajstić information content (AvgIpc) is 2.58. The maximum absolute atomic E-state index is 10.6. The molecule has 0 saturated heterocycles. The lowest BCUT2D eigenvalue weighted by Crippen LogP contribution is -2.02. The van der Waals surface area contributed by atoms with Crippen molar-refractivity contribution >= 4 is 11.4 Å². The van der Waals surface area contributed by atoms with E-state index in [1.54, 1.807) is 19.2 Å². The van der Waals surface area contributed by atoms with Crippen molar-refractivity contribution in [3.8, 4) is 11.5 Å². The van der Waals surface area contributed by atoms with Crippen LogP contribution in [0.15, 0.2) is 42.5 Å². The summed E-state index contributed by atoms with van der Waals surface area (Å²) in [6.07, 6.45) is 0.937. The number of non-ortho nitro benzene ring substituents is 1. The molecule has 0 spiro atoms. The van der Waals surface area contributed by atoms with E-state index in [0.29, 0.717) is 18.9 Å². The van der Waals surface area contributed by atoms with Gasteiger partial charge in [-0.05, 0) is 36.2 Å². The van der Waals surface area contributed by atoms with Crippen LogP contribution in [0.5, 0.6) is 11.5 Å². The van der Waals surface area contributed by atoms with Crippen LogP contribution in [-0.4, -0.2) is 18.6 Å². The van der Waals surface area contributed by atoms with Gasteiger partial charge in [-0.25, -0.2) is 0 Å². The van der Waals surface area contributed by atoms with Crippen LogP contribution in [0, 0.1) is 10.1 Å². The first-order chi connectivity index (χ1) is 11.1. The lowest BCUT2D eigenvalue weighted by molar-refractivity contribution is -0.384. The van der Waals surface area contributed by atoms with Gasteiger partial charge in [0.15, 0.2) is 11.5 Å². The van der Waals surface area contributed by atoms with Gasteiger partial charge in [-0.2, -0.15) is 0 Å². The minimum atomic E-state index is -0.413. The molecule has 122 valence electrons. The Labute approximate surface area is 135 Å². The Morgan fingerprint density at radius 3 is 2.48 bits per heavy atom. The molecule has 1 N–H and O–H groups in total. The number of ether oxygens (including phenoxy) is 2. The van der Waals surface area contributed by atoms with Crippen LogP contribution in [0.3, 0.4) is 0 Å². The highest BCUT2D eigenvalue weighted by molar-refractivity contribution is 5.50. The number of rotatable bonds is 8. The zero-order chi connectivity index (χ0) is 16.7. The normalized spacial score (nSPS) is 10.2. The van der Waals surface area contributed by atoms with E-state index in [1.807, 2.05) is 18.2 Å². The Morgan fingerprint density at radius 1 is 1.13 bits per heavy atom. The molecule has 0 aliphatic rings. The zero-order valence-electron chi connectivity index (χ0n) is 13.2. The van der Waals surface area contributed by atoms with Crippen LogP contribution < -0.4 is 14.8 Å². The number of nitro groups is 1. The van der Waals surface area contributed by atoms with Gasteiger partial charge in [-0.1, -0.05) is 13.0 Å². The van der Waals surface area contributed by atoms with Crippen molar-refractivity contribution in [2.24, 2.45) is 0 Å². The summed E-state index contributed by atoms with van der Waals surface area (Å²) in [5.74, 6) is 1.43. The molecule has 0 radical (unpaired) electrons. The first kappa shape index (κ1) is 16.6. The number of nitro benzene ring substituents is 1. The second-order valence-corrected chi connectivity index (χ2v) is 4.99. The number of methoxy groups -OCH3 is 1. The molecular formula is C17H20N2O4. The third kappa shape index (κ3) is 4.60. The molecule has 0 aliphatic carbocycles. The van der Waals surface area contributed by atoms with Gasteiger partial charge < -0.3 is 14.8 Å². The van der Waals surface area contributed by atoms with E-state index in [2.05, 4.69) is 12.2 Å². The summed E-state index contributed by atoms with van der Waals surface area (Å²) >= 11 is 0. The van der Waals surface area contributed by atoms with Crippen molar-refractivity contribution in [2.75, 3.05) is 19.0 Å². The number of benzene rings is 2. The third-order valence-electron chi connectivity index (χ3n) is 3.26. The third-order valence-corrected chi connectivity index (χ3v) is 3.26. The molecule has 23 heavy (non-hydrogen) atoms. The fraction of sp³-hybridized carbons (Fsp3) is 0.294. The quantitative estimate of drug-likeness (QED) is 0.588. The van der Waals surface area contributed by atoms with Crippen LogP contribution in [0.2, 0.25) is 0 Å². The molecule has 0 heterocycles. The van der Waals surface area contributed by atoms with Crippen molar-refractivity contribution in [2.45, 2.75) is 19.9 Å². The summed E-state index contributed by atoms with van der Waals surface area (Å²) < 4.78 is 11.0. The molecular weight excluding hydrogens is 296 g/mol. The Balaban J connectivity index is 2.01. The first-order valence-corrected chi connectivity index (χ1v) is 7.42. The highest BCUT2D eigenvalue weighted by Crippen LogP contribution is 2.28. The predicted molar refractivity (Wildman–Crippen MR) is 89.2 cm³/mol. The molecule has 6 heteroatoms. The van der Waals surface area contributed by atoms with Gasteiger partial charge in [-0.15, -0.1) is 0 Å². The van der Waals surface area contributed by atoms with Crippen LogP contribution in [-0.2, 0) is 6.54 Å². The molecule has 2 aromatic carbocycles. The second-order valence-electron chi connectivity index (χ2n) is 4.99. The largest absolute Gasteiger partial charge is 0.493 e. The number of hydrogen-bond donors (Lipinski definition) is 1. The van der Waals surface area contributed by atoms with Crippen molar-refractivity contribution in [3.05, 3.63) is 58.1 Å². The number of nitrogens with zero attached hydrogens (tertiary/aromatic N) is 1. The van der Waals surface area contributed by atoms with Crippen molar-refractivity contribution in [1.29, 1.82) is 0 Å². The van der Waals surface area contributed by atoms with Gasteiger partial charge in [0.2, 0.25) is 0 Å². The summed E-state index contributed by atoms with van der Waals surface area (Å²) in [5.41, 5.74) is 1.93. The minimum absolute atomic E-state index is 0.0784. The Kier molecular flexibility index (Phi) is 5.80. The van der Waals surface area contributed by atoms with Crippen molar-refractivity contribution < 1.29 is 14.4 Å². The van der Waals surface area contributed by atoms with E-state index in [9.17, 15) is 10.1 Å². The number of anilines is 1. The molecule has 0 saturated carbocycles. The molecule has 0 atom stereocenters. The average molecular weight is 316 g/mol. The summed E-state index contributed by atoms with van der Waals surface area (Å²) in [5, 5.41) is 13.9. The summed E-state index contributed by atoms with van der Waals surface area (Å²) in [6.45, 7) is 3.29. The van der Waals surface area contributed by atoms with E-state index in [4.69, 9.17) is 9.47 Å². The Morgan fingerprint density at radius 2 is 1.87 bits per heavy atom. The topological polar surface area (TPSA) is 73.6 Å². The van der Waals surface area contributed by atoms with Crippen LogP contribution >= 0.6 is 0 Å². The molecule has 2 rings (SSSR count). The molecule has 0 amide bonds. The van der Waals surface area contributed by atoms with Crippen LogP contribution in [0.4, 0.5) is 11.4 Å². The standard InChI is InChI=1S/C17H20N2O4/c1-3-10-23-16-9-4-13(11-17(16)22-2)12-18-14-5-7-15(8-6-14)19(20)21/h4-9,11,18H,3,10,12H2,1-2H3. The molecule has 0 fully saturated rings. The zero-order valence-corrected chi connectivity index (χ0v) is 13.2. The molecule has 0 unspecified atom stereocenters. The number of hydrogen-bond acceptors (Lipinski definition) is 5. The summed E-state index contributed by atoms with van der Waals surface area (Å²) in [4.78, 5) is 10.2. The highest BCUT2D eigenvalue weighted by atomic mass is 16.6. The SMILES string of the molecule is CCCOc1ccc(CNc2ccc([N+](=O)[O-])cc2)cc1OC. The molecule has 0 bridgehead atoms. The van der Waals surface area contributed by atoms with Gasteiger partial charge in [-0.3, -0.25) is 10.1 Å². The highest BCUT2D eigenvalue weighted by Gasteiger charge is 2.07. The van der Waals surface area contributed by atoms with E-state index >= 15 is 0 Å². The first-order valence-electron chi connectivity index (χ1n) is 7.42. The second kappa shape index (κ2) is 8.03. The van der Waals surface area contributed by atoms with E-state index < -0.39 is 4.92 Å². The Hall–Kier alpha value is -2.76. The van der Waals surface area contributed by atoms with Gasteiger partial charge in [0.25, 0.3) is 5.69 Å². The van der Waals surface area contributed by atoms with E-state index in [1.165, 1.54) is 12.1 Å². The van der Waals surface area contributed by atoms with Crippen LogP contribution in [0.1, 0.15) is 18.9 Å². The maximum Gasteiger partial charge on any atom is 0.269 e. The molecule has 2 aromatic rings. The summed E-state index contributed by atoms with van der Waals surface area (Å²) in [7, 11) is 1.61. The Bertz CT molecular complexity index is 656.